The minimum atomic E-state index is -4.73. The predicted octanol–water partition coefficient (Wildman–Crippen LogP) is 1.82. The fraction of sp³-hybridized carbons (Fsp3) is 0.462. The van der Waals surface area contributed by atoms with Crippen molar-refractivity contribution < 1.29 is 26.7 Å². The molecule has 1 aromatic rings. The van der Waals surface area contributed by atoms with Crippen molar-refractivity contribution in [3.8, 4) is 0 Å². The van der Waals surface area contributed by atoms with Crippen molar-refractivity contribution in [2.75, 3.05) is 18.6 Å². The molecule has 1 saturated heterocycles. The van der Waals surface area contributed by atoms with Crippen molar-refractivity contribution in [2.24, 2.45) is 0 Å². The number of para-hydroxylation sites is 1. The van der Waals surface area contributed by atoms with Gasteiger partial charge in [-0.25, -0.2) is 13.2 Å². The highest BCUT2D eigenvalue weighted by molar-refractivity contribution is 7.91. The van der Waals surface area contributed by atoms with Gasteiger partial charge in [-0.15, -0.1) is 0 Å². The van der Waals surface area contributed by atoms with E-state index in [1.165, 1.54) is 24.1 Å². The van der Waals surface area contributed by atoms with Gasteiger partial charge in [-0.1, -0.05) is 12.1 Å². The number of anilines is 1. The maximum Gasteiger partial charge on any atom is 0.341 e. The number of carbonyl (C=O) groups excluding carboxylic acids is 1. The highest BCUT2D eigenvalue weighted by Gasteiger charge is 2.36. The van der Waals surface area contributed by atoms with Crippen LogP contribution in [0.1, 0.15) is 12.8 Å². The first-order valence-corrected chi connectivity index (χ1v) is 7.89. The molecule has 0 bridgehead atoms. The fourth-order valence-electron chi connectivity index (χ4n) is 2.47. The van der Waals surface area contributed by atoms with Crippen LogP contribution < -0.4 is 4.90 Å². The van der Waals surface area contributed by atoms with Gasteiger partial charge in [-0.2, -0.15) is 8.78 Å². The molecular weight excluding hydrogens is 304 g/mol. The molecule has 1 aromatic carbocycles. The number of halogens is 2. The zero-order valence-electron chi connectivity index (χ0n) is 11.3. The third-order valence-electron chi connectivity index (χ3n) is 3.44. The zero-order chi connectivity index (χ0) is 15.6. The Morgan fingerprint density at radius 1 is 1.38 bits per heavy atom. The zero-order valence-corrected chi connectivity index (χ0v) is 12.1. The summed E-state index contributed by atoms with van der Waals surface area (Å²) in [5.41, 5.74) is 0.116. The lowest BCUT2D eigenvalue weighted by Gasteiger charge is -2.26. The normalized spacial score (nSPS) is 19.0. The monoisotopic (exact) mass is 319 g/mol. The van der Waals surface area contributed by atoms with E-state index < -0.39 is 32.5 Å². The summed E-state index contributed by atoms with van der Waals surface area (Å²) in [7, 11) is -3.49. The summed E-state index contributed by atoms with van der Waals surface area (Å²) in [5, 5.41) is 0. The summed E-state index contributed by atoms with van der Waals surface area (Å²) in [6.07, 6.45) is 1.15. The van der Waals surface area contributed by atoms with E-state index in [0.717, 1.165) is 6.07 Å². The number of benzene rings is 1. The molecule has 1 atom stereocenters. The van der Waals surface area contributed by atoms with Gasteiger partial charge in [-0.05, 0) is 25.0 Å². The number of sulfone groups is 1. The summed E-state index contributed by atoms with van der Waals surface area (Å²) in [5.74, 6) is -4.01. The Bertz CT molecular complexity index is 633. The lowest BCUT2D eigenvalue weighted by atomic mass is 10.2. The number of carbonyl (C=O) groups is 1. The van der Waals surface area contributed by atoms with E-state index in [-0.39, 0.29) is 5.69 Å². The predicted molar refractivity (Wildman–Crippen MR) is 72.0 cm³/mol. The molecule has 0 spiro atoms. The topological polar surface area (TPSA) is 63.7 Å². The van der Waals surface area contributed by atoms with Crippen LogP contribution in [0.25, 0.3) is 0 Å². The second kappa shape index (κ2) is 5.97. The van der Waals surface area contributed by atoms with E-state index in [1.54, 1.807) is 6.07 Å². The molecule has 0 aliphatic carbocycles. The van der Waals surface area contributed by atoms with Gasteiger partial charge in [0.2, 0.25) is 9.84 Å². The molecule has 0 amide bonds. The summed E-state index contributed by atoms with van der Waals surface area (Å²) < 4.78 is 53.8. The second-order valence-electron chi connectivity index (χ2n) is 4.65. The number of alkyl halides is 2. The smallest absolute Gasteiger partial charge is 0.341 e. The molecule has 116 valence electrons. The lowest BCUT2D eigenvalue weighted by molar-refractivity contribution is -0.141. The molecule has 0 saturated carbocycles. The summed E-state index contributed by atoms with van der Waals surface area (Å²) >= 11 is 0. The average molecular weight is 319 g/mol. The van der Waals surface area contributed by atoms with Gasteiger partial charge in [0.05, 0.1) is 17.7 Å². The van der Waals surface area contributed by atoms with Gasteiger partial charge in [0.25, 0.3) is 0 Å². The van der Waals surface area contributed by atoms with Crippen molar-refractivity contribution in [3.63, 3.8) is 0 Å². The van der Waals surface area contributed by atoms with Gasteiger partial charge in [0.15, 0.2) is 0 Å². The van der Waals surface area contributed by atoms with Crippen LogP contribution in [0.4, 0.5) is 14.5 Å². The maximum atomic E-state index is 12.8. The molecule has 0 radical (unpaired) electrons. The minimum Gasteiger partial charge on any atom is -0.467 e. The van der Waals surface area contributed by atoms with Crippen LogP contribution in [0, 0.1) is 0 Å². The molecule has 1 aliphatic rings. The SMILES string of the molecule is COC(=O)C1CCCN1c1ccccc1S(=O)(=O)C(F)F. The van der Waals surface area contributed by atoms with E-state index in [4.69, 9.17) is 0 Å². The molecule has 1 fully saturated rings. The van der Waals surface area contributed by atoms with Crippen LogP contribution in [0.5, 0.6) is 0 Å². The Kier molecular flexibility index (Phi) is 4.46. The lowest BCUT2D eigenvalue weighted by Crippen LogP contribution is -2.37. The van der Waals surface area contributed by atoms with E-state index in [1.807, 2.05) is 0 Å². The molecule has 0 aromatic heterocycles. The van der Waals surface area contributed by atoms with Crippen molar-refractivity contribution >= 4 is 21.5 Å². The Morgan fingerprint density at radius 2 is 2.05 bits per heavy atom. The Labute approximate surface area is 121 Å². The van der Waals surface area contributed by atoms with Gasteiger partial charge in [-0.3, -0.25) is 0 Å². The highest BCUT2D eigenvalue weighted by Crippen LogP contribution is 2.33. The maximum absolute atomic E-state index is 12.8. The van der Waals surface area contributed by atoms with E-state index in [2.05, 4.69) is 4.74 Å². The van der Waals surface area contributed by atoms with Gasteiger partial charge >= 0.3 is 11.7 Å². The van der Waals surface area contributed by atoms with Crippen LogP contribution in [0.2, 0.25) is 0 Å². The summed E-state index contributed by atoms with van der Waals surface area (Å²) in [6, 6.07) is 4.83. The first-order valence-electron chi connectivity index (χ1n) is 6.35. The number of hydrogen-bond donors (Lipinski definition) is 0. The molecule has 1 heterocycles. The number of ether oxygens (including phenoxy) is 1. The van der Waals surface area contributed by atoms with Crippen molar-refractivity contribution in [3.05, 3.63) is 24.3 Å². The Morgan fingerprint density at radius 3 is 2.67 bits per heavy atom. The molecule has 21 heavy (non-hydrogen) atoms. The van der Waals surface area contributed by atoms with Crippen LogP contribution >= 0.6 is 0 Å². The first-order chi connectivity index (χ1) is 9.89. The summed E-state index contributed by atoms with van der Waals surface area (Å²) in [4.78, 5) is 12.8. The van der Waals surface area contributed by atoms with Crippen LogP contribution in [-0.4, -0.2) is 39.8 Å². The van der Waals surface area contributed by atoms with Crippen LogP contribution in [-0.2, 0) is 19.4 Å². The standard InChI is InChI=1S/C13H15F2NO4S/c1-20-12(17)10-6-4-8-16(10)9-5-2-3-7-11(9)21(18,19)13(14)15/h2-3,5,7,10,13H,4,6,8H2,1H3. The number of hydrogen-bond acceptors (Lipinski definition) is 5. The van der Waals surface area contributed by atoms with E-state index >= 15 is 0 Å². The van der Waals surface area contributed by atoms with Gasteiger partial charge in [0, 0.05) is 6.54 Å². The van der Waals surface area contributed by atoms with E-state index in [0.29, 0.717) is 19.4 Å². The van der Waals surface area contributed by atoms with E-state index in [9.17, 15) is 22.0 Å². The molecule has 0 N–H and O–H groups in total. The Hall–Kier alpha value is -1.70. The molecular formula is C13H15F2NO4S. The van der Waals surface area contributed by atoms with Crippen LogP contribution in [0.3, 0.4) is 0 Å². The average Bonchev–Trinajstić information content (AvgIpc) is 2.95. The molecule has 1 aliphatic heterocycles. The van der Waals surface area contributed by atoms with Crippen LogP contribution in [0.15, 0.2) is 29.2 Å². The number of rotatable bonds is 4. The third kappa shape index (κ3) is 2.85. The van der Waals surface area contributed by atoms with Gasteiger partial charge < -0.3 is 9.64 Å². The van der Waals surface area contributed by atoms with Gasteiger partial charge in [0.1, 0.15) is 6.04 Å². The summed E-state index contributed by atoms with van der Waals surface area (Å²) in [6.45, 7) is 0.412. The number of methoxy groups -OCH3 is 1. The molecule has 8 heteroatoms. The number of esters is 1. The van der Waals surface area contributed by atoms with Crippen molar-refractivity contribution in [1.29, 1.82) is 0 Å². The van der Waals surface area contributed by atoms with Crippen molar-refractivity contribution in [2.45, 2.75) is 29.5 Å². The largest absolute Gasteiger partial charge is 0.467 e. The molecule has 5 nitrogen and oxygen atoms in total. The van der Waals surface area contributed by atoms with Crippen molar-refractivity contribution in [1.82, 2.24) is 0 Å². The number of nitrogens with zero attached hydrogens (tertiary/aromatic N) is 1. The minimum absolute atomic E-state index is 0.116. The Balaban J connectivity index is 2.48. The molecule has 2 rings (SSSR count). The fourth-order valence-corrected chi connectivity index (χ4v) is 3.40. The first kappa shape index (κ1) is 15.7. The molecule has 1 unspecified atom stereocenters. The quantitative estimate of drug-likeness (QED) is 0.792. The second-order valence-corrected chi connectivity index (χ2v) is 6.53. The third-order valence-corrected chi connectivity index (χ3v) is 4.87. The highest BCUT2D eigenvalue weighted by atomic mass is 32.2.